The number of benzene rings is 1. The second-order valence-electron chi connectivity index (χ2n) is 2.93. The SMILES string of the molecule is CSc1nncn1/N=C/c1ccccc1F. The van der Waals surface area contributed by atoms with Gasteiger partial charge in [-0.1, -0.05) is 30.0 Å². The number of thioether (sulfide) groups is 1. The zero-order valence-corrected chi connectivity index (χ0v) is 9.36. The third-order valence-electron chi connectivity index (χ3n) is 1.91. The first-order valence-corrected chi connectivity index (χ1v) is 5.76. The van der Waals surface area contributed by atoms with E-state index in [9.17, 15) is 4.39 Å². The fraction of sp³-hybridized carbons (Fsp3) is 0.100. The third-order valence-corrected chi connectivity index (χ3v) is 2.54. The molecular formula is C10H9FN4S. The molecule has 0 fully saturated rings. The molecule has 0 saturated carbocycles. The largest absolute Gasteiger partial charge is 0.211 e. The predicted molar refractivity (Wildman–Crippen MR) is 61.2 cm³/mol. The van der Waals surface area contributed by atoms with Gasteiger partial charge in [-0.25, -0.2) is 4.39 Å². The molecule has 0 radical (unpaired) electrons. The molecule has 4 nitrogen and oxygen atoms in total. The Morgan fingerprint density at radius 1 is 1.44 bits per heavy atom. The molecule has 6 heteroatoms. The van der Waals surface area contributed by atoms with Crippen molar-refractivity contribution < 1.29 is 4.39 Å². The van der Waals surface area contributed by atoms with Crippen LogP contribution >= 0.6 is 11.8 Å². The molecule has 1 heterocycles. The van der Waals surface area contributed by atoms with Crippen molar-refractivity contribution in [1.29, 1.82) is 0 Å². The number of rotatable bonds is 3. The average molecular weight is 236 g/mol. The molecule has 0 amide bonds. The van der Waals surface area contributed by atoms with Crippen LogP contribution in [0.4, 0.5) is 4.39 Å². The highest BCUT2D eigenvalue weighted by molar-refractivity contribution is 7.98. The Kier molecular flexibility index (Phi) is 3.31. The molecule has 0 aliphatic carbocycles. The molecule has 2 rings (SSSR count). The van der Waals surface area contributed by atoms with Gasteiger partial charge in [0.15, 0.2) is 0 Å². The maximum Gasteiger partial charge on any atom is 0.211 e. The van der Waals surface area contributed by atoms with E-state index >= 15 is 0 Å². The second-order valence-corrected chi connectivity index (χ2v) is 3.70. The summed E-state index contributed by atoms with van der Waals surface area (Å²) in [4.78, 5) is 0. The van der Waals surface area contributed by atoms with Crippen molar-refractivity contribution >= 4 is 18.0 Å². The van der Waals surface area contributed by atoms with Crippen molar-refractivity contribution in [2.24, 2.45) is 5.10 Å². The highest BCUT2D eigenvalue weighted by Crippen LogP contribution is 2.10. The molecular weight excluding hydrogens is 227 g/mol. The molecule has 1 aromatic heterocycles. The minimum Gasteiger partial charge on any atom is -0.206 e. The molecule has 2 aromatic rings. The molecule has 0 unspecified atom stereocenters. The summed E-state index contributed by atoms with van der Waals surface area (Å²) in [6.07, 6.45) is 4.79. The van der Waals surface area contributed by atoms with E-state index in [2.05, 4.69) is 15.3 Å². The van der Waals surface area contributed by atoms with E-state index in [1.807, 2.05) is 6.26 Å². The smallest absolute Gasteiger partial charge is 0.206 e. The summed E-state index contributed by atoms with van der Waals surface area (Å²) in [6, 6.07) is 6.44. The first kappa shape index (κ1) is 10.8. The lowest BCUT2D eigenvalue weighted by atomic mass is 10.2. The van der Waals surface area contributed by atoms with E-state index in [0.29, 0.717) is 10.7 Å². The zero-order valence-electron chi connectivity index (χ0n) is 8.54. The third kappa shape index (κ3) is 2.27. The Bertz CT molecular complexity index is 509. The maximum atomic E-state index is 13.3. The van der Waals surface area contributed by atoms with E-state index in [4.69, 9.17) is 0 Å². The Morgan fingerprint density at radius 3 is 3.00 bits per heavy atom. The topological polar surface area (TPSA) is 43.1 Å². The van der Waals surface area contributed by atoms with Gasteiger partial charge in [-0.2, -0.15) is 9.78 Å². The molecule has 82 valence electrons. The first-order chi connectivity index (χ1) is 7.81. The van der Waals surface area contributed by atoms with Crippen LogP contribution < -0.4 is 0 Å². The lowest BCUT2D eigenvalue weighted by Gasteiger charge is -1.96. The lowest BCUT2D eigenvalue weighted by Crippen LogP contribution is -1.93. The summed E-state index contributed by atoms with van der Waals surface area (Å²) in [5.41, 5.74) is 0.434. The van der Waals surface area contributed by atoms with Crippen molar-refractivity contribution in [3.05, 3.63) is 42.0 Å². The van der Waals surface area contributed by atoms with Gasteiger partial charge in [-0.05, 0) is 12.3 Å². The van der Waals surface area contributed by atoms with E-state index in [0.717, 1.165) is 0 Å². The lowest BCUT2D eigenvalue weighted by molar-refractivity contribution is 0.625. The Labute approximate surface area is 96.2 Å². The zero-order chi connectivity index (χ0) is 11.4. The molecule has 0 N–H and O–H groups in total. The highest BCUT2D eigenvalue weighted by atomic mass is 32.2. The Balaban J connectivity index is 2.25. The minimum absolute atomic E-state index is 0.301. The number of hydrogen-bond donors (Lipinski definition) is 0. The standard InChI is InChI=1S/C10H9FN4S/c1-16-10-14-12-7-15(10)13-6-8-4-2-3-5-9(8)11/h2-7H,1H3/b13-6+. The molecule has 0 atom stereocenters. The summed E-state index contributed by atoms with van der Waals surface area (Å²) in [7, 11) is 0. The number of aromatic nitrogens is 3. The fourth-order valence-electron chi connectivity index (χ4n) is 1.14. The van der Waals surface area contributed by atoms with Crippen molar-refractivity contribution in [3.63, 3.8) is 0 Å². The van der Waals surface area contributed by atoms with Crippen LogP contribution in [0.1, 0.15) is 5.56 Å². The summed E-state index contributed by atoms with van der Waals surface area (Å²) in [5, 5.41) is 12.3. The Hall–Kier alpha value is -1.69. The molecule has 0 spiro atoms. The van der Waals surface area contributed by atoms with Crippen molar-refractivity contribution in [2.75, 3.05) is 6.26 Å². The fourth-order valence-corrected chi connectivity index (χ4v) is 1.55. The van der Waals surface area contributed by atoms with Crippen molar-refractivity contribution in [2.45, 2.75) is 5.16 Å². The average Bonchev–Trinajstić information content (AvgIpc) is 2.75. The van der Waals surface area contributed by atoms with E-state index < -0.39 is 0 Å². The quantitative estimate of drug-likeness (QED) is 0.605. The van der Waals surface area contributed by atoms with Crippen LogP contribution in [0.3, 0.4) is 0 Å². The van der Waals surface area contributed by atoms with E-state index in [1.165, 1.54) is 35.0 Å². The van der Waals surface area contributed by atoms with Crippen molar-refractivity contribution in [3.8, 4) is 0 Å². The van der Waals surface area contributed by atoms with Gasteiger partial charge >= 0.3 is 0 Å². The van der Waals surface area contributed by atoms with Gasteiger partial charge in [0.25, 0.3) is 0 Å². The molecule has 1 aromatic carbocycles. The van der Waals surface area contributed by atoms with Crippen LogP contribution in [-0.2, 0) is 0 Å². The van der Waals surface area contributed by atoms with E-state index in [-0.39, 0.29) is 5.82 Å². The van der Waals surface area contributed by atoms with Crippen LogP contribution in [0.5, 0.6) is 0 Å². The second kappa shape index (κ2) is 4.89. The number of halogens is 1. The summed E-state index contributed by atoms with van der Waals surface area (Å²) in [5.74, 6) is -0.301. The van der Waals surface area contributed by atoms with Gasteiger partial charge in [-0.3, -0.25) is 0 Å². The van der Waals surface area contributed by atoms with E-state index in [1.54, 1.807) is 18.2 Å². The minimum atomic E-state index is -0.301. The van der Waals surface area contributed by atoms with Gasteiger partial charge in [0, 0.05) is 5.56 Å². The Morgan fingerprint density at radius 2 is 2.25 bits per heavy atom. The summed E-state index contributed by atoms with van der Waals surface area (Å²) < 4.78 is 14.8. The molecule has 16 heavy (non-hydrogen) atoms. The van der Waals surface area contributed by atoms with Gasteiger partial charge < -0.3 is 0 Å². The first-order valence-electron chi connectivity index (χ1n) is 4.54. The summed E-state index contributed by atoms with van der Waals surface area (Å²) in [6.45, 7) is 0. The normalized spacial score (nSPS) is 11.1. The van der Waals surface area contributed by atoms with Crippen LogP contribution in [0.25, 0.3) is 0 Å². The predicted octanol–water partition coefficient (Wildman–Crippen LogP) is 2.02. The van der Waals surface area contributed by atoms with Crippen LogP contribution in [-0.4, -0.2) is 27.3 Å². The van der Waals surface area contributed by atoms with Crippen molar-refractivity contribution in [1.82, 2.24) is 14.9 Å². The van der Waals surface area contributed by atoms with Gasteiger partial charge in [-0.15, -0.1) is 10.2 Å². The molecule has 0 aliphatic heterocycles. The van der Waals surface area contributed by atoms with Gasteiger partial charge in [0.05, 0.1) is 6.21 Å². The molecule has 0 saturated heterocycles. The van der Waals surface area contributed by atoms with Gasteiger partial charge in [0.2, 0.25) is 5.16 Å². The summed E-state index contributed by atoms with van der Waals surface area (Å²) >= 11 is 1.42. The van der Waals surface area contributed by atoms with Gasteiger partial charge in [0.1, 0.15) is 12.1 Å². The highest BCUT2D eigenvalue weighted by Gasteiger charge is 2.00. The number of nitrogens with zero attached hydrogens (tertiary/aromatic N) is 4. The maximum absolute atomic E-state index is 13.3. The number of hydrogen-bond acceptors (Lipinski definition) is 4. The van der Waals surface area contributed by atoms with Crippen LogP contribution in [0, 0.1) is 5.82 Å². The molecule has 0 aliphatic rings. The molecule has 0 bridgehead atoms. The van der Waals surface area contributed by atoms with Crippen LogP contribution in [0.2, 0.25) is 0 Å². The monoisotopic (exact) mass is 236 g/mol. The van der Waals surface area contributed by atoms with Crippen LogP contribution in [0.15, 0.2) is 40.9 Å².